The predicted molar refractivity (Wildman–Crippen MR) is 86.0 cm³/mol. The van der Waals surface area contributed by atoms with Crippen LogP contribution in [0.15, 0.2) is 30.5 Å². The number of benzene rings is 1. The second kappa shape index (κ2) is 5.93. The molecule has 0 aliphatic heterocycles. The normalized spacial score (nSPS) is 10.7. The number of rotatable bonds is 4. The second-order valence-electron chi connectivity index (χ2n) is 4.78. The van der Waals surface area contributed by atoms with Crippen LogP contribution in [-0.4, -0.2) is 33.8 Å². The fraction of sp³-hybridized carbons (Fsp3) is 0.250. The van der Waals surface area contributed by atoms with Gasteiger partial charge in [-0.2, -0.15) is 5.10 Å². The van der Waals surface area contributed by atoms with Crippen molar-refractivity contribution in [2.45, 2.75) is 13.8 Å². The SMILES string of the molecule is CCOc1ccnnc1-c1ccc2nc(C)nc(NC)c2c1. The van der Waals surface area contributed by atoms with E-state index in [4.69, 9.17) is 4.74 Å². The van der Waals surface area contributed by atoms with Crippen LogP contribution in [0.1, 0.15) is 12.7 Å². The van der Waals surface area contributed by atoms with Crippen molar-refractivity contribution in [3.8, 4) is 17.0 Å². The molecule has 3 rings (SSSR count). The predicted octanol–water partition coefficient (Wildman–Crippen LogP) is 2.84. The van der Waals surface area contributed by atoms with Crippen LogP contribution in [-0.2, 0) is 0 Å². The number of hydrogen-bond acceptors (Lipinski definition) is 6. The smallest absolute Gasteiger partial charge is 0.149 e. The molecule has 0 saturated carbocycles. The van der Waals surface area contributed by atoms with Gasteiger partial charge in [0.05, 0.1) is 18.3 Å². The van der Waals surface area contributed by atoms with Crippen LogP contribution in [0.3, 0.4) is 0 Å². The Balaban J connectivity index is 2.19. The van der Waals surface area contributed by atoms with Crippen LogP contribution in [0.4, 0.5) is 5.82 Å². The fourth-order valence-corrected chi connectivity index (χ4v) is 2.37. The number of hydrogen-bond donors (Lipinski definition) is 1. The van der Waals surface area contributed by atoms with Crippen molar-refractivity contribution < 1.29 is 4.74 Å². The first-order valence-corrected chi connectivity index (χ1v) is 7.14. The number of nitrogens with one attached hydrogen (secondary N) is 1. The first-order valence-electron chi connectivity index (χ1n) is 7.14. The molecule has 0 aliphatic rings. The number of ether oxygens (including phenoxy) is 1. The molecule has 0 spiro atoms. The molecule has 0 aliphatic carbocycles. The van der Waals surface area contributed by atoms with E-state index < -0.39 is 0 Å². The molecule has 6 heteroatoms. The van der Waals surface area contributed by atoms with Gasteiger partial charge < -0.3 is 10.1 Å². The maximum Gasteiger partial charge on any atom is 0.149 e. The minimum absolute atomic E-state index is 0.580. The number of anilines is 1. The molecule has 112 valence electrons. The maximum absolute atomic E-state index is 5.63. The molecule has 0 amide bonds. The Hall–Kier alpha value is -2.76. The standard InChI is InChI=1S/C16H17N5O/c1-4-22-14-7-8-18-21-15(14)11-5-6-13-12(9-11)16(17-3)20-10(2)19-13/h5-9H,4H2,1-3H3,(H,17,19,20). The topological polar surface area (TPSA) is 72.8 Å². The summed E-state index contributed by atoms with van der Waals surface area (Å²) in [4.78, 5) is 8.88. The van der Waals surface area contributed by atoms with Crippen molar-refractivity contribution >= 4 is 16.7 Å². The van der Waals surface area contributed by atoms with Crippen molar-refractivity contribution in [1.82, 2.24) is 20.2 Å². The Bertz CT molecular complexity index is 819. The van der Waals surface area contributed by atoms with E-state index in [9.17, 15) is 0 Å². The van der Waals surface area contributed by atoms with Gasteiger partial charge in [-0.3, -0.25) is 0 Å². The van der Waals surface area contributed by atoms with Gasteiger partial charge in [-0.05, 0) is 26.0 Å². The molecule has 1 N–H and O–H groups in total. The van der Waals surface area contributed by atoms with Crippen LogP contribution < -0.4 is 10.1 Å². The minimum Gasteiger partial charge on any atom is -0.491 e. The Morgan fingerprint density at radius 2 is 2.05 bits per heavy atom. The summed E-state index contributed by atoms with van der Waals surface area (Å²) in [7, 11) is 1.85. The monoisotopic (exact) mass is 295 g/mol. The third-order valence-corrected chi connectivity index (χ3v) is 3.30. The van der Waals surface area contributed by atoms with Crippen molar-refractivity contribution in [2.24, 2.45) is 0 Å². The lowest BCUT2D eigenvalue weighted by Gasteiger charge is -2.10. The molecule has 2 heterocycles. The van der Waals surface area contributed by atoms with E-state index in [0.29, 0.717) is 12.3 Å². The highest BCUT2D eigenvalue weighted by Gasteiger charge is 2.11. The first-order chi connectivity index (χ1) is 10.7. The molecule has 0 atom stereocenters. The Kier molecular flexibility index (Phi) is 3.82. The van der Waals surface area contributed by atoms with Crippen LogP contribution >= 0.6 is 0 Å². The van der Waals surface area contributed by atoms with Crippen molar-refractivity contribution in [3.63, 3.8) is 0 Å². The van der Waals surface area contributed by atoms with Gasteiger partial charge in [0.2, 0.25) is 0 Å². The summed E-state index contributed by atoms with van der Waals surface area (Å²) in [5.41, 5.74) is 2.53. The zero-order chi connectivity index (χ0) is 15.5. The van der Waals surface area contributed by atoms with Crippen molar-refractivity contribution in [2.75, 3.05) is 19.0 Å². The molecule has 3 aromatic rings. The van der Waals surface area contributed by atoms with E-state index in [2.05, 4.69) is 25.5 Å². The number of aryl methyl sites for hydroxylation is 1. The van der Waals surface area contributed by atoms with Crippen LogP contribution in [0.5, 0.6) is 5.75 Å². The third kappa shape index (κ3) is 2.55. The number of fused-ring (bicyclic) bond motifs is 1. The molecular formula is C16H17N5O. The molecule has 0 saturated heterocycles. The van der Waals surface area contributed by atoms with Gasteiger partial charge in [-0.15, -0.1) is 5.10 Å². The summed E-state index contributed by atoms with van der Waals surface area (Å²) >= 11 is 0. The lowest BCUT2D eigenvalue weighted by atomic mass is 10.1. The van der Waals surface area contributed by atoms with Gasteiger partial charge in [0.15, 0.2) is 0 Å². The molecule has 6 nitrogen and oxygen atoms in total. The van der Waals surface area contributed by atoms with E-state index in [1.165, 1.54) is 0 Å². The Labute approximate surface area is 128 Å². The van der Waals surface area contributed by atoms with E-state index in [1.54, 1.807) is 6.20 Å². The second-order valence-corrected chi connectivity index (χ2v) is 4.78. The number of aromatic nitrogens is 4. The van der Waals surface area contributed by atoms with E-state index in [1.807, 2.05) is 45.2 Å². The van der Waals surface area contributed by atoms with Crippen molar-refractivity contribution in [1.29, 1.82) is 0 Å². The lowest BCUT2D eigenvalue weighted by Crippen LogP contribution is -2.00. The average molecular weight is 295 g/mol. The Morgan fingerprint density at radius 3 is 2.82 bits per heavy atom. The zero-order valence-electron chi connectivity index (χ0n) is 12.8. The van der Waals surface area contributed by atoms with E-state index in [-0.39, 0.29) is 0 Å². The van der Waals surface area contributed by atoms with Gasteiger partial charge in [-0.1, -0.05) is 6.07 Å². The molecule has 0 unspecified atom stereocenters. The molecule has 0 fully saturated rings. The van der Waals surface area contributed by atoms with Gasteiger partial charge >= 0.3 is 0 Å². The van der Waals surface area contributed by atoms with Crippen LogP contribution in [0.25, 0.3) is 22.2 Å². The number of nitrogens with zero attached hydrogens (tertiary/aromatic N) is 4. The summed E-state index contributed by atoms with van der Waals surface area (Å²) < 4.78 is 5.63. The van der Waals surface area contributed by atoms with Crippen LogP contribution in [0.2, 0.25) is 0 Å². The maximum atomic E-state index is 5.63. The van der Waals surface area contributed by atoms with E-state index in [0.717, 1.165) is 33.9 Å². The molecule has 0 radical (unpaired) electrons. The summed E-state index contributed by atoms with van der Waals surface area (Å²) in [6.45, 7) is 4.40. The molecule has 22 heavy (non-hydrogen) atoms. The highest BCUT2D eigenvalue weighted by atomic mass is 16.5. The third-order valence-electron chi connectivity index (χ3n) is 3.30. The summed E-state index contributed by atoms with van der Waals surface area (Å²) in [5.74, 6) is 2.25. The lowest BCUT2D eigenvalue weighted by molar-refractivity contribution is 0.339. The molecule has 2 aromatic heterocycles. The Morgan fingerprint density at radius 1 is 1.18 bits per heavy atom. The molecule has 1 aromatic carbocycles. The molecule has 0 bridgehead atoms. The largest absolute Gasteiger partial charge is 0.491 e. The van der Waals surface area contributed by atoms with Crippen molar-refractivity contribution in [3.05, 3.63) is 36.3 Å². The summed E-state index contributed by atoms with van der Waals surface area (Å²) in [6, 6.07) is 7.76. The molecular weight excluding hydrogens is 278 g/mol. The fourth-order valence-electron chi connectivity index (χ4n) is 2.37. The van der Waals surface area contributed by atoms with E-state index >= 15 is 0 Å². The minimum atomic E-state index is 0.580. The zero-order valence-corrected chi connectivity index (χ0v) is 12.8. The summed E-state index contributed by atoms with van der Waals surface area (Å²) in [6.07, 6.45) is 1.63. The van der Waals surface area contributed by atoms with Crippen LogP contribution in [0, 0.1) is 6.92 Å². The van der Waals surface area contributed by atoms with Gasteiger partial charge in [0.25, 0.3) is 0 Å². The van der Waals surface area contributed by atoms with Gasteiger partial charge in [0.1, 0.15) is 23.1 Å². The highest BCUT2D eigenvalue weighted by Crippen LogP contribution is 2.31. The highest BCUT2D eigenvalue weighted by molar-refractivity contribution is 5.92. The van der Waals surface area contributed by atoms with Gasteiger partial charge in [-0.25, -0.2) is 9.97 Å². The summed E-state index contributed by atoms with van der Waals surface area (Å²) in [5, 5.41) is 12.2. The first kappa shape index (κ1) is 14.2. The average Bonchev–Trinajstić information content (AvgIpc) is 2.54. The quantitative estimate of drug-likeness (QED) is 0.798. The van der Waals surface area contributed by atoms with Gasteiger partial charge in [0, 0.05) is 24.1 Å².